The number of aryl methyl sites for hydroxylation is 1. The van der Waals surface area contributed by atoms with Crippen molar-refractivity contribution in [2.75, 3.05) is 25.1 Å². The molecule has 0 spiro atoms. The molecule has 0 aliphatic carbocycles. The number of aromatic nitrogens is 2. The molecule has 0 atom stereocenters. The molecule has 6 nitrogen and oxygen atoms in total. The predicted molar refractivity (Wildman–Crippen MR) is 56.7 cm³/mol. The van der Waals surface area contributed by atoms with Crippen LogP contribution >= 0.6 is 0 Å². The minimum Gasteiger partial charge on any atom is -0.481 e. The molecule has 1 aliphatic heterocycles. The zero-order chi connectivity index (χ0) is 11.7. The van der Waals surface area contributed by atoms with Crippen LogP contribution in [0.1, 0.15) is 5.82 Å². The maximum Gasteiger partial charge on any atom is 0.310 e. The van der Waals surface area contributed by atoms with Gasteiger partial charge in [-0.05, 0) is 6.92 Å². The van der Waals surface area contributed by atoms with Crippen LogP contribution in [0.5, 0.6) is 5.88 Å². The first-order valence-electron chi connectivity index (χ1n) is 4.97. The van der Waals surface area contributed by atoms with E-state index in [2.05, 4.69) is 9.97 Å². The molecule has 0 bridgehead atoms. The fraction of sp³-hybridized carbons (Fsp3) is 0.500. The Kier molecular flexibility index (Phi) is 2.64. The molecular formula is C10H13N3O3. The second-order valence-corrected chi connectivity index (χ2v) is 3.76. The molecule has 1 N–H and O–H groups in total. The van der Waals surface area contributed by atoms with Crippen molar-refractivity contribution in [3.63, 3.8) is 0 Å². The zero-order valence-corrected chi connectivity index (χ0v) is 9.17. The van der Waals surface area contributed by atoms with E-state index in [4.69, 9.17) is 9.84 Å². The van der Waals surface area contributed by atoms with Crippen LogP contribution in [-0.2, 0) is 4.79 Å². The summed E-state index contributed by atoms with van der Waals surface area (Å²) in [4.78, 5) is 20.9. The first-order chi connectivity index (χ1) is 7.60. The van der Waals surface area contributed by atoms with Crippen molar-refractivity contribution in [2.24, 2.45) is 5.92 Å². The van der Waals surface area contributed by atoms with Gasteiger partial charge in [-0.2, -0.15) is 4.98 Å². The summed E-state index contributed by atoms with van der Waals surface area (Å²) in [5.41, 5.74) is 0. The number of anilines is 1. The molecule has 0 radical (unpaired) electrons. The van der Waals surface area contributed by atoms with Crippen LogP contribution in [0.3, 0.4) is 0 Å². The molecule has 0 amide bonds. The van der Waals surface area contributed by atoms with Gasteiger partial charge in [-0.3, -0.25) is 4.79 Å². The van der Waals surface area contributed by atoms with Gasteiger partial charge in [-0.1, -0.05) is 0 Å². The molecule has 0 saturated carbocycles. The molecule has 1 aromatic rings. The molecule has 86 valence electrons. The monoisotopic (exact) mass is 223 g/mol. The third kappa shape index (κ3) is 1.91. The normalized spacial score (nSPS) is 15.8. The summed E-state index contributed by atoms with van der Waals surface area (Å²) in [6, 6.07) is 1.71. The summed E-state index contributed by atoms with van der Waals surface area (Å²) in [5, 5.41) is 8.77. The highest BCUT2D eigenvalue weighted by atomic mass is 16.5. The van der Waals surface area contributed by atoms with E-state index in [0.29, 0.717) is 24.8 Å². The predicted octanol–water partition coefficient (Wildman–Crippen LogP) is 0.314. The quantitative estimate of drug-likeness (QED) is 0.795. The van der Waals surface area contributed by atoms with Gasteiger partial charge >= 0.3 is 5.97 Å². The fourth-order valence-electron chi connectivity index (χ4n) is 1.61. The summed E-state index contributed by atoms with van der Waals surface area (Å²) in [6.07, 6.45) is 0. The highest BCUT2D eigenvalue weighted by Crippen LogP contribution is 2.25. The summed E-state index contributed by atoms with van der Waals surface area (Å²) in [7, 11) is 1.54. The van der Waals surface area contributed by atoms with E-state index in [9.17, 15) is 4.79 Å². The van der Waals surface area contributed by atoms with Crippen molar-refractivity contribution in [1.29, 1.82) is 0 Å². The van der Waals surface area contributed by atoms with E-state index in [1.54, 1.807) is 20.1 Å². The largest absolute Gasteiger partial charge is 0.481 e. The third-order valence-electron chi connectivity index (χ3n) is 2.56. The molecule has 2 rings (SSSR count). The minimum atomic E-state index is -0.756. The Morgan fingerprint density at radius 3 is 2.81 bits per heavy atom. The lowest BCUT2D eigenvalue weighted by atomic mass is 10.0. The Morgan fingerprint density at radius 2 is 2.25 bits per heavy atom. The minimum absolute atomic E-state index is 0.290. The first-order valence-corrected chi connectivity index (χ1v) is 4.97. The van der Waals surface area contributed by atoms with Crippen LogP contribution in [-0.4, -0.2) is 41.2 Å². The topological polar surface area (TPSA) is 75.5 Å². The van der Waals surface area contributed by atoms with Crippen LogP contribution in [0.15, 0.2) is 6.07 Å². The molecule has 1 fully saturated rings. The van der Waals surface area contributed by atoms with E-state index >= 15 is 0 Å². The lowest BCUT2D eigenvalue weighted by Crippen LogP contribution is -2.50. The number of methoxy groups -OCH3 is 1. The SMILES string of the molecule is COc1cc(N2CC(C(=O)O)C2)nc(C)n1. The number of aliphatic carboxylic acids is 1. The fourth-order valence-corrected chi connectivity index (χ4v) is 1.61. The van der Waals surface area contributed by atoms with Crippen LogP contribution in [0.4, 0.5) is 5.82 Å². The van der Waals surface area contributed by atoms with Gasteiger partial charge in [0.1, 0.15) is 11.6 Å². The zero-order valence-electron chi connectivity index (χ0n) is 9.17. The van der Waals surface area contributed by atoms with Gasteiger partial charge in [0.25, 0.3) is 0 Å². The van der Waals surface area contributed by atoms with E-state index in [1.807, 2.05) is 4.90 Å². The van der Waals surface area contributed by atoms with Crippen molar-refractivity contribution in [2.45, 2.75) is 6.92 Å². The lowest BCUT2D eigenvalue weighted by molar-refractivity contribution is -0.142. The second kappa shape index (κ2) is 3.96. The number of carboxylic acids is 1. The third-order valence-corrected chi connectivity index (χ3v) is 2.56. The van der Waals surface area contributed by atoms with Crippen molar-refractivity contribution in [3.05, 3.63) is 11.9 Å². The standard InChI is InChI=1S/C10H13N3O3/c1-6-11-8(3-9(12-6)16-2)13-4-7(5-13)10(14)15/h3,7H,4-5H2,1-2H3,(H,14,15). The van der Waals surface area contributed by atoms with Gasteiger partial charge in [-0.25, -0.2) is 4.98 Å². The molecule has 2 heterocycles. The molecule has 0 aromatic carbocycles. The molecule has 6 heteroatoms. The van der Waals surface area contributed by atoms with Gasteiger partial charge in [0, 0.05) is 19.2 Å². The molecule has 16 heavy (non-hydrogen) atoms. The van der Waals surface area contributed by atoms with Crippen LogP contribution in [0.25, 0.3) is 0 Å². The number of hydrogen-bond donors (Lipinski definition) is 1. The van der Waals surface area contributed by atoms with Crippen LogP contribution in [0, 0.1) is 12.8 Å². The average Bonchev–Trinajstić information content (AvgIpc) is 2.13. The Morgan fingerprint density at radius 1 is 1.56 bits per heavy atom. The van der Waals surface area contributed by atoms with Crippen LogP contribution in [0.2, 0.25) is 0 Å². The Labute approximate surface area is 92.9 Å². The van der Waals surface area contributed by atoms with Crippen molar-refractivity contribution in [3.8, 4) is 5.88 Å². The van der Waals surface area contributed by atoms with Gasteiger partial charge in [-0.15, -0.1) is 0 Å². The van der Waals surface area contributed by atoms with Crippen LogP contribution < -0.4 is 9.64 Å². The molecule has 1 aliphatic rings. The van der Waals surface area contributed by atoms with E-state index < -0.39 is 5.97 Å². The Bertz CT molecular complexity index is 416. The number of nitrogens with zero attached hydrogens (tertiary/aromatic N) is 3. The van der Waals surface area contributed by atoms with E-state index in [-0.39, 0.29) is 5.92 Å². The summed E-state index contributed by atoms with van der Waals surface area (Å²) >= 11 is 0. The highest BCUT2D eigenvalue weighted by Gasteiger charge is 2.33. The molecule has 1 saturated heterocycles. The molecule has 1 aromatic heterocycles. The Hall–Kier alpha value is -1.85. The number of carbonyl (C=O) groups is 1. The maximum atomic E-state index is 10.7. The van der Waals surface area contributed by atoms with Gasteiger partial charge < -0.3 is 14.7 Å². The highest BCUT2D eigenvalue weighted by molar-refractivity contribution is 5.74. The smallest absolute Gasteiger partial charge is 0.310 e. The van der Waals surface area contributed by atoms with Gasteiger partial charge in [0.05, 0.1) is 13.0 Å². The van der Waals surface area contributed by atoms with Gasteiger partial charge in [0.15, 0.2) is 0 Å². The summed E-state index contributed by atoms with van der Waals surface area (Å²) < 4.78 is 5.03. The second-order valence-electron chi connectivity index (χ2n) is 3.76. The van der Waals surface area contributed by atoms with Crippen molar-refractivity contribution < 1.29 is 14.6 Å². The lowest BCUT2D eigenvalue weighted by Gasteiger charge is -2.37. The molecule has 0 unspecified atom stereocenters. The van der Waals surface area contributed by atoms with Crippen molar-refractivity contribution in [1.82, 2.24) is 9.97 Å². The number of ether oxygens (including phenoxy) is 1. The number of carboxylic acid groups (broad SMARTS) is 1. The van der Waals surface area contributed by atoms with E-state index in [1.165, 1.54) is 0 Å². The van der Waals surface area contributed by atoms with E-state index in [0.717, 1.165) is 5.82 Å². The van der Waals surface area contributed by atoms with Gasteiger partial charge in [0.2, 0.25) is 5.88 Å². The molecular weight excluding hydrogens is 210 g/mol. The summed E-state index contributed by atoms with van der Waals surface area (Å²) in [5.74, 6) is 0.798. The number of hydrogen-bond acceptors (Lipinski definition) is 5. The Balaban J connectivity index is 2.11. The number of rotatable bonds is 3. The maximum absolute atomic E-state index is 10.7. The average molecular weight is 223 g/mol. The van der Waals surface area contributed by atoms with Crippen molar-refractivity contribution >= 4 is 11.8 Å². The first kappa shape index (κ1) is 10.7. The summed E-state index contributed by atoms with van der Waals surface area (Å²) in [6.45, 7) is 2.77.